The maximum atomic E-state index is 13.4. The lowest BCUT2D eigenvalue weighted by Crippen LogP contribution is -2.25. The van der Waals surface area contributed by atoms with E-state index in [2.05, 4.69) is 10.1 Å². The van der Waals surface area contributed by atoms with Crippen molar-refractivity contribution in [2.75, 3.05) is 31.8 Å². The van der Waals surface area contributed by atoms with Crippen LogP contribution >= 0.6 is 0 Å². The highest BCUT2D eigenvalue weighted by atomic mass is 19.1. The maximum absolute atomic E-state index is 13.4. The quantitative estimate of drug-likeness (QED) is 0.627. The van der Waals surface area contributed by atoms with E-state index in [4.69, 9.17) is 14.2 Å². The summed E-state index contributed by atoms with van der Waals surface area (Å²) < 4.78 is 31.5. The number of rotatable bonds is 5. The van der Waals surface area contributed by atoms with Crippen molar-refractivity contribution in [1.82, 2.24) is 14.8 Å². The lowest BCUT2D eigenvalue weighted by Gasteiger charge is -2.22. The summed E-state index contributed by atoms with van der Waals surface area (Å²) in [6, 6.07) is 11.5. The maximum Gasteiger partial charge on any atom is 0.227 e. The van der Waals surface area contributed by atoms with Crippen LogP contribution in [0.1, 0.15) is 24.0 Å². The van der Waals surface area contributed by atoms with Crippen LogP contribution in [0.4, 0.5) is 10.1 Å². The van der Waals surface area contributed by atoms with E-state index >= 15 is 0 Å². The number of carbonyl (C=O) groups excluding carboxylic acids is 1. The molecule has 0 aliphatic carbocycles. The molecule has 160 valence electrons. The van der Waals surface area contributed by atoms with Crippen LogP contribution in [0.15, 0.2) is 42.5 Å². The molecule has 3 aromatic rings. The Labute approximate surface area is 178 Å². The Balaban J connectivity index is 1.46. The zero-order chi connectivity index (χ0) is 21.4. The zero-order valence-corrected chi connectivity index (χ0v) is 17.0. The van der Waals surface area contributed by atoms with E-state index in [0.29, 0.717) is 55.0 Å². The molecule has 9 heteroatoms. The molecule has 1 aromatic heterocycles. The Morgan fingerprint density at radius 1 is 1.10 bits per heavy atom. The predicted molar refractivity (Wildman–Crippen MR) is 109 cm³/mol. The predicted octanol–water partition coefficient (Wildman–Crippen LogP) is 2.84. The molecule has 0 radical (unpaired) electrons. The number of nitrogens with zero attached hydrogens (tertiary/aromatic N) is 4. The van der Waals surface area contributed by atoms with Gasteiger partial charge in [0.1, 0.15) is 31.5 Å². The molecule has 0 spiro atoms. The van der Waals surface area contributed by atoms with E-state index in [1.54, 1.807) is 28.8 Å². The lowest BCUT2D eigenvalue weighted by atomic mass is 10.1. The molecule has 31 heavy (non-hydrogen) atoms. The van der Waals surface area contributed by atoms with E-state index in [0.717, 1.165) is 5.69 Å². The number of methoxy groups -OCH3 is 1. The largest absolute Gasteiger partial charge is 0.486 e. The van der Waals surface area contributed by atoms with Gasteiger partial charge in [0.15, 0.2) is 17.3 Å². The van der Waals surface area contributed by atoms with Crippen molar-refractivity contribution < 1.29 is 23.4 Å². The first-order chi connectivity index (χ1) is 15.1. The van der Waals surface area contributed by atoms with Crippen molar-refractivity contribution in [3.63, 3.8) is 0 Å². The van der Waals surface area contributed by atoms with E-state index in [1.807, 2.05) is 18.2 Å². The van der Waals surface area contributed by atoms with Gasteiger partial charge >= 0.3 is 0 Å². The van der Waals surface area contributed by atoms with Gasteiger partial charge in [-0.2, -0.15) is 0 Å². The highest BCUT2D eigenvalue weighted by molar-refractivity contribution is 5.96. The van der Waals surface area contributed by atoms with Gasteiger partial charge in [0.2, 0.25) is 5.91 Å². The van der Waals surface area contributed by atoms with Crippen molar-refractivity contribution in [2.45, 2.75) is 18.9 Å². The summed E-state index contributed by atoms with van der Waals surface area (Å²) in [6.07, 6.45) is 0.292. The number of amides is 1. The van der Waals surface area contributed by atoms with E-state index in [9.17, 15) is 9.18 Å². The van der Waals surface area contributed by atoms with Crippen molar-refractivity contribution in [3.8, 4) is 17.2 Å². The molecular formula is C22H21FN4O4. The van der Waals surface area contributed by atoms with E-state index in [-0.39, 0.29) is 24.2 Å². The van der Waals surface area contributed by atoms with Gasteiger partial charge in [-0.15, -0.1) is 5.10 Å². The second-order valence-electron chi connectivity index (χ2n) is 7.44. The number of anilines is 1. The van der Waals surface area contributed by atoms with Gasteiger partial charge in [-0.05, 0) is 36.4 Å². The van der Waals surface area contributed by atoms with Crippen LogP contribution in [-0.4, -0.2) is 47.5 Å². The summed E-state index contributed by atoms with van der Waals surface area (Å²) in [5.41, 5.74) is 1.43. The van der Waals surface area contributed by atoms with Crippen LogP contribution in [0.3, 0.4) is 0 Å². The minimum Gasteiger partial charge on any atom is -0.486 e. The normalized spacial score (nSPS) is 17.9. The first-order valence-corrected chi connectivity index (χ1v) is 10.0. The Hall–Kier alpha value is -3.46. The number of hydrogen-bond acceptors (Lipinski definition) is 6. The van der Waals surface area contributed by atoms with Gasteiger partial charge in [0.05, 0.1) is 5.69 Å². The molecule has 2 aliphatic heterocycles. The first kappa shape index (κ1) is 19.5. The average Bonchev–Trinajstić information content (AvgIpc) is 3.38. The standard InChI is InChI=1S/C22H21FN4O4/c1-29-13-20-24-22(27(25-20)16-4-2-15(23)3-5-16)14-10-21(28)26(12-14)17-6-7-18-19(11-17)31-9-8-30-18/h2-7,11,14H,8-10,12-13H2,1H3. The molecule has 2 aliphatic rings. The van der Waals surface area contributed by atoms with Crippen LogP contribution in [0, 0.1) is 5.82 Å². The third kappa shape index (κ3) is 3.72. The summed E-state index contributed by atoms with van der Waals surface area (Å²) in [4.78, 5) is 19.2. The van der Waals surface area contributed by atoms with Gasteiger partial charge in [-0.1, -0.05) is 0 Å². The second-order valence-corrected chi connectivity index (χ2v) is 7.44. The van der Waals surface area contributed by atoms with Gasteiger partial charge in [-0.25, -0.2) is 14.1 Å². The third-order valence-corrected chi connectivity index (χ3v) is 5.35. The van der Waals surface area contributed by atoms with Crippen LogP contribution in [0.2, 0.25) is 0 Å². The summed E-state index contributed by atoms with van der Waals surface area (Å²) >= 11 is 0. The Morgan fingerprint density at radius 3 is 2.61 bits per heavy atom. The van der Waals surface area contributed by atoms with Gasteiger partial charge in [0, 0.05) is 37.7 Å². The van der Waals surface area contributed by atoms with Crippen LogP contribution < -0.4 is 14.4 Å². The monoisotopic (exact) mass is 424 g/mol. The average molecular weight is 424 g/mol. The third-order valence-electron chi connectivity index (χ3n) is 5.35. The molecule has 1 fully saturated rings. The fraction of sp³-hybridized carbons (Fsp3) is 0.318. The number of aromatic nitrogens is 3. The molecule has 0 bridgehead atoms. The summed E-state index contributed by atoms with van der Waals surface area (Å²) in [5, 5.41) is 4.52. The number of benzene rings is 2. The Morgan fingerprint density at radius 2 is 1.84 bits per heavy atom. The molecule has 1 amide bonds. The molecule has 0 N–H and O–H groups in total. The second kappa shape index (κ2) is 7.99. The fourth-order valence-corrected chi connectivity index (χ4v) is 3.93. The summed E-state index contributed by atoms with van der Waals surface area (Å²) in [6.45, 7) is 1.69. The minimum absolute atomic E-state index is 0.0105. The van der Waals surface area contributed by atoms with Crippen LogP contribution in [0.25, 0.3) is 5.69 Å². The number of ether oxygens (including phenoxy) is 3. The number of halogens is 1. The lowest BCUT2D eigenvalue weighted by molar-refractivity contribution is -0.117. The number of carbonyl (C=O) groups is 1. The molecule has 1 atom stereocenters. The molecule has 0 saturated carbocycles. The molecule has 8 nitrogen and oxygen atoms in total. The van der Waals surface area contributed by atoms with Gasteiger partial charge in [0.25, 0.3) is 0 Å². The zero-order valence-electron chi connectivity index (χ0n) is 17.0. The highest BCUT2D eigenvalue weighted by Gasteiger charge is 2.35. The smallest absolute Gasteiger partial charge is 0.227 e. The van der Waals surface area contributed by atoms with Crippen molar-refractivity contribution in [2.24, 2.45) is 0 Å². The van der Waals surface area contributed by atoms with Crippen molar-refractivity contribution in [3.05, 3.63) is 59.9 Å². The summed E-state index contributed by atoms with van der Waals surface area (Å²) in [7, 11) is 1.57. The molecule has 1 saturated heterocycles. The Kier molecular flexibility index (Phi) is 5.03. The Bertz CT molecular complexity index is 1120. The molecule has 3 heterocycles. The molecular weight excluding hydrogens is 403 g/mol. The summed E-state index contributed by atoms with van der Waals surface area (Å²) in [5.74, 6) is 1.95. The minimum atomic E-state index is -0.330. The van der Waals surface area contributed by atoms with Crippen LogP contribution in [-0.2, 0) is 16.1 Å². The van der Waals surface area contributed by atoms with Crippen LogP contribution in [0.5, 0.6) is 11.5 Å². The molecule has 2 aromatic carbocycles. The highest BCUT2D eigenvalue weighted by Crippen LogP contribution is 2.37. The van der Waals surface area contributed by atoms with Gasteiger partial charge < -0.3 is 19.1 Å². The SMILES string of the molecule is COCc1nc(C2CC(=O)N(c3ccc4c(c3)OCCO4)C2)n(-c2ccc(F)cc2)n1. The van der Waals surface area contributed by atoms with Gasteiger partial charge in [-0.3, -0.25) is 4.79 Å². The fourth-order valence-electron chi connectivity index (χ4n) is 3.93. The van der Waals surface area contributed by atoms with E-state index in [1.165, 1.54) is 12.1 Å². The van der Waals surface area contributed by atoms with E-state index < -0.39 is 0 Å². The number of hydrogen-bond donors (Lipinski definition) is 0. The first-order valence-electron chi connectivity index (χ1n) is 10.0. The molecule has 1 unspecified atom stereocenters. The molecule has 5 rings (SSSR count). The topological polar surface area (TPSA) is 78.7 Å². The number of fused-ring (bicyclic) bond motifs is 1. The van der Waals surface area contributed by atoms with Crippen molar-refractivity contribution >= 4 is 11.6 Å². The van der Waals surface area contributed by atoms with Crippen molar-refractivity contribution in [1.29, 1.82) is 0 Å².